The molecule has 10 aromatic carbocycles. The monoisotopic (exact) mass is 968 g/mol. The first-order valence-electron chi connectivity index (χ1n) is 18.9. The molecule has 0 spiro atoms. The second-order valence-corrected chi connectivity index (χ2v) is 17.4. The zero-order chi connectivity index (χ0) is 38.5. The van der Waals surface area contributed by atoms with E-state index in [1.54, 1.807) is 0 Å². The molecule has 12 rings (SSSR count). The second-order valence-electron chi connectivity index (χ2n) is 14.4. The molecule has 1 aliphatic carbocycles. The molecule has 1 aromatic heterocycles. The van der Waals surface area contributed by atoms with Crippen LogP contribution in [-0.2, 0) is 6.42 Å². The summed E-state index contributed by atoms with van der Waals surface area (Å²) in [5, 5.41) is 17.1. The highest BCUT2D eigenvalue weighted by molar-refractivity contribution is 14.1. The van der Waals surface area contributed by atoms with Crippen molar-refractivity contribution in [1.82, 2.24) is 4.57 Å². The third-order valence-electron chi connectivity index (χ3n) is 11.0. The number of benzene rings is 10. The molecular formula is C53H33Br2IN+. The van der Waals surface area contributed by atoms with E-state index in [2.05, 4.69) is 247 Å². The number of allylic oxidation sites excluding steroid dienone is 1. The summed E-state index contributed by atoms with van der Waals surface area (Å²) in [6.45, 7) is 0. The average molecular weight is 971 g/mol. The van der Waals surface area contributed by atoms with E-state index in [4.69, 9.17) is 0 Å². The van der Waals surface area contributed by atoms with Crippen LogP contribution < -0.4 is 0 Å². The number of aromatic nitrogens is 1. The molecule has 0 radical (unpaired) electrons. The molecule has 0 aliphatic heterocycles. The van der Waals surface area contributed by atoms with Gasteiger partial charge >= 0.3 is 0 Å². The predicted octanol–water partition coefficient (Wildman–Crippen LogP) is 16.4. The highest BCUT2D eigenvalue weighted by Gasteiger charge is 2.15. The summed E-state index contributed by atoms with van der Waals surface area (Å²) >= 11 is 9.42. The number of rotatable bonds is 1. The van der Waals surface area contributed by atoms with Crippen LogP contribution in [0.2, 0.25) is 0 Å². The van der Waals surface area contributed by atoms with E-state index in [9.17, 15) is 0 Å². The van der Waals surface area contributed by atoms with E-state index in [-0.39, 0.29) is 0 Å². The minimum Gasteiger partial charge on any atom is -0.317 e. The summed E-state index contributed by atoms with van der Waals surface area (Å²) in [5.41, 5.74) is 5.07. The standard InChI is InChI=1S/C26H16BrN.C18H11I.C9H6Br/c27-18-10-9-17-13-14-28(26(17)15-18)19-11-12-24-22-7-2-1-5-20(22)21-6-3-4-8-23(21)25(24)16-19;19-12-9-10-17-15-7-2-1-5-13(15)14-6-3-4-8-16(14)18(17)11-12;10-9-5-4-7-2-1-3-8(7)6-9/h1-16H;1-11H;2,4-6H,3H2/q;;+1. The Kier molecular flexibility index (Phi) is 9.60. The summed E-state index contributed by atoms with van der Waals surface area (Å²) < 4.78 is 5.80. The SMILES string of the molecule is Brc1ccc2c(c1)C[C+]=C2.Brc1ccc2ccn(-c3ccc4c5ccccc5c5ccccc5c4c3)c2c1.Ic1ccc2c3ccccc3c3ccccc3c2c1. The van der Waals surface area contributed by atoms with Gasteiger partial charge in [0.15, 0.2) is 6.08 Å². The Labute approximate surface area is 361 Å². The summed E-state index contributed by atoms with van der Waals surface area (Å²) in [7, 11) is 0. The van der Waals surface area contributed by atoms with Gasteiger partial charge in [-0.05, 0) is 142 Å². The number of halogens is 3. The van der Waals surface area contributed by atoms with Crippen molar-refractivity contribution < 1.29 is 0 Å². The van der Waals surface area contributed by atoms with E-state index in [1.807, 2.05) is 6.08 Å². The summed E-state index contributed by atoms with van der Waals surface area (Å²) in [5.74, 6) is 0. The Bertz CT molecular complexity index is 3310. The fraction of sp³-hybridized carbons (Fsp3) is 0.0189. The van der Waals surface area contributed by atoms with Crippen LogP contribution in [0.25, 0.3) is 87.3 Å². The van der Waals surface area contributed by atoms with Crippen molar-refractivity contribution in [1.29, 1.82) is 0 Å². The Hall–Kier alpha value is -5.36. The molecule has 0 atom stereocenters. The van der Waals surface area contributed by atoms with E-state index >= 15 is 0 Å². The van der Waals surface area contributed by atoms with Crippen molar-refractivity contribution in [3.63, 3.8) is 0 Å². The number of hydrogen-bond acceptors (Lipinski definition) is 0. The first kappa shape index (κ1) is 36.0. The molecule has 0 bridgehead atoms. The van der Waals surface area contributed by atoms with Gasteiger partial charge in [0.05, 0.1) is 17.2 Å². The lowest BCUT2D eigenvalue weighted by molar-refractivity contribution is 1.13. The van der Waals surface area contributed by atoms with Crippen molar-refractivity contribution in [2.45, 2.75) is 6.42 Å². The molecule has 0 amide bonds. The van der Waals surface area contributed by atoms with E-state index in [0.717, 1.165) is 15.4 Å². The quantitative estimate of drug-likeness (QED) is 0.0878. The van der Waals surface area contributed by atoms with Gasteiger partial charge in [-0.2, -0.15) is 0 Å². The number of fused-ring (bicyclic) bond motifs is 14. The predicted molar refractivity (Wildman–Crippen MR) is 261 cm³/mol. The van der Waals surface area contributed by atoms with Crippen LogP contribution in [0.5, 0.6) is 0 Å². The van der Waals surface area contributed by atoms with Crippen molar-refractivity contribution >= 4 is 136 Å². The third kappa shape index (κ3) is 6.71. The smallest absolute Gasteiger partial charge is 0.163 e. The van der Waals surface area contributed by atoms with Crippen LogP contribution >= 0.6 is 54.5 Å². The lowest BCUT2D eigenvalue weighted by Gasteiger charge is -2.13. The molecule has 1 heterocycles. The van der Waals surface area contributed by atoms with Crippen molar-refractivity contribution in [2.24, 2.45) is 0 Å². The average Bonchev–Trinajstić information content (AvgIpc) is 3.91. The van der Waals surface area contributed by atoms with Gasteiger partial charge in [0, 0.05) is 35.9 Å². The maximum atomic E-state index is 3.61. The largest absolute Gasteiger partial charge is 0.317 e. The summed E-state index contributed by atoms with van der Waals surface area (Å²) in [4.78, 5) is 0. The van der Waals surface area contributed by atoms with Crippen LogP contribution in [0, 0.1) is 9.65 Å². The molecule has 0 saturated heterocycles. The number of nitrogens with zero attached hydrogens (tertiary/aromatic N) is 1. The van der Waals surface area contributed by atoms with Crippen LogP contribution in [0.1, 0.15) is 11.1 Å². The minimum absolute atomic E-state index is 0.967. The molecule has 270 valence electrons. The molecule has 57 heavy (non-hydrogen) atoms. The van der Waals surface area contributed by atoms with Gasteiger partial charge in [0.25, 0.3) is 0 Å². The maximum Gasteiger partial charge on any atom is 0.163 e. The van der Waals surface area contributed by atoms with E-state index in [1.165, 1.54) is 95.9 Å². The lowest BCUT2D eigenvalue weighted by Crippen LogP contribution is -1.92. The van der Waals surface area contributed by atoms with Crippen LogP contribution in [0.3, 0.4) is 0 Å². The van der Waals surface area contributed by atoms with Gasteiger partial charge in [-0.1, -0.05) is 147 Å². The normalized spacial score (nSPS) is 11.8. The van der Waals surface area contributed by atoms with Gasteiger partial charge in [0.1, 0.15) is 12.0 Å². The summed E-state index contributed by atoms with van der Waals surface area (Å²) in [6.07, 6.45) is 8.33. The first-order chi connectivity index (χ1) is 28.0. The van der Waals surface area contributed by atoms with Gasteiger partial charge in [-0.15, -0.1) is 0 Å². The Morgan fingerprint density at radius 1 is 0.439 bits per heavy atom. The molecule has 0 fully saturated rings. The number of hydrogen-bond donors (Lipinski definition) is 0. The van der Waals surface area contributed by atoms with Gasteiger partial charge in [-0.25, -0.2) is 0 Å². The van der Waals surface area contributed by atoms with Crippen molar-refractivity contribution in [3.05, 3.63) is 212 Å². The van der Waals surface area contributed by atoms with Crippen molar-refractivity contribution in [3.8, 4) is 5.69 Å². The Morgan fingerprint density at radius 3 is 1.49 bits per heavy atom. The topological polar surface area (TPSA) is 4.93 Å². The van der Waals surface area contributed by atoms with Crippen LogP contribution in [0.15, 0.2) is 191 Å². The molecule has 11 aromatic rings. The van der Waals surface area contributed by atoms with Crippen LogP contribution in [0.4, 0.5) is 0 Å². The molecule has 1 aliphatic rings. The fourth-order valence-electron chi connectivity index (χ4n) is 8.39. The van der Waals surface area contributed by atoms with Gasteiger partial charge in [0.2, 0.25) is 0 Å². The minimum atomic E-state index is 0.967. The first-order valence-corrected chi connectivity index (χ1v) is 21.6. The highest BCUT2D eigenvalue weighted by atomic mass is 127. The van der Waals surface area contributed by atoms with E-state index < -0.39 is 0 Å². The fourth-order valence-corrected chi connectivity index (χ4v) is 9.64. The lowest BCUT2D eigenvalue weighted by atomic mass is 9.94. The Morgan fingerprint density at radius 2 is 0.912 bits per heavy atom. The molecular weight excluding hydrogens is 937 g/mol. The van der Waals surface area contributed by atoms with Gasteiger partial charge < -0.3 is 4.57 Å². The second kappa shape index (κ2) is 15.2. The summed E-state index contributed by atoms with van der Waals surface area (Å²) in [6, 6.07) is 63.2. The van der Waals surface area contributed by atoms with Crippen molar-refractivity contribution in [2.75, 3.05) is 0 Å². The highest BCUT2D eigenvalue weighted by Crippen LogP contribution is 2.38. The molecule has 0 saturated carbocycles. The maximum absolute atomic E-state index is 3.61. The van der Waals surface area contributed by atoms with Crippen LogP contribution in [-0.4, -0.2) is 4.57 Å². The van der Waals surface area contributed by atoms with E-state index in [0.29, 0.717) is 0 Å². The third-order valence-corrected chi connectivity index (χ3v) is 12.7. The zero-order valence-corrected chi connectivity index (χ0v) is 36.0. The zero-order valence-electron chi connectivity index (χ0n) is 30.7. The molecule has 0 N–H and O–H groups in total. The molecule has 4 heteroatoms. The molecule has 0 unspecified atom stereocenters. The van der Waals surface area contributed by atoms with Gasteiger partial charge in [-0.3, -0.25) is 0 Å². The molecule has 1 nitrogen and oxygen atoms in total. The Balaban J connectivity index is 0.000000117.